The molecule has 1 aromatic carbocycles. The fourth-order valence-electron chi connectivity index (χ4n) is 2.90. The molecule has 0 spiro atoms. The first-order valence-corrected chi connectivity index (χ1v) is 8.40. The summed E-state index contributed by atoms with van der Waals surface area (Å²) in [6.45, 7) is 6.67. The van der Waals surface area contributed by atoms with E-state index < -0.39 is 0 Å². The Bertz CT molecular complexity index is 394. The molecule has 1 nitrogen and oxygen atoms in total. The van der Waals surface area contributed by atoms with Crippen molar-refractivity contribution in [3.8, 4) is 0 Å². The van der Waals surface area contributed by atoms with Gasteiger partial charge < -0.3 is 5.32 Å². The average Bonchev–Trinajstić information content (AvgIpc) is 2.41. The van der Waals surface area contributed by atoms with Crippen LogP contribution in [0.5, 0.6) is 0 Å². The van der Waals surface area contributed by atoms with Crippen LogP contribution in [0, 0.1) is 18.8 Å². The highest BCUT2D eigenvalue weighted by Gasteiger charge is 2.17. The van der Waals surface area contributed by atoms with Crippen LogP contribution in [0.2, 0.25) is 0 Å². The van der Waals surface area contributed by atoms with E-state index >= 15 is 0 Å². The first-order valence-electron chi connectivity index (χ1n) is 7.61. The van der Waals surface area contributed by atoms with E-state index in [2.05, 4.69) is 53.3 Å². The molecule has 0 aliphatic heterocycles. The van der Waals surface area contributed by atoms with Crippen LogP contribution in [0.15, 0.2) is 22.7 Å². The lowest BCUT2D eigenvalue weighted by molar-refractivity contribution is 0.275. The van der Waals surface area contributed by atoms with Gasteiger partial charge in [0.05, 0.1) is 0 Å². The van der Waals surface area contributed by atoms with Crippen molar-refractivity contribution in [2.45, 2.75) is 52.5 Å². The third kappa shape index (κ3) is 4.92. The smallest absolute Gasteiger partial charge is 0.0207 e. The Morgan fingerprint density at radius 3 is 2.63 bits per heavy atom. The maximum absolute atomic E-state index is 3.60. The minimum absolute atomic E-state index is 0.966. The molecule has 0 amide bonds. The number of hydrogen-bond acceptors (Lipinski definition) is 1. The minimum Gasteiger partial charge on any atom is -0.313 e. The van der Waals surface area contributed by atoms with Gasteiger partial charge in [0.2, 0.25) is 0 Å². The van der Waals surface area contributed by atoms with Crippen LogP contribution in [-0.4, -0.2) is 6.54 Å². The van der Waals surface area contributed by atoms with Gasteiger partial charge in [-0.25, -0.2) is 0 Å². The molecular weight excluding hydrogens is 298 g/mol. The third-order valence-electron chi connectivity index (χ3n) is 4.43. The maximum Gasteiger partial charge on any atom is 0.0207 e. The van der Waals surface area contributed by atoms with Gasteiger partial charge in [-0.05, 0) is 48.9 Å². The molecule has 19 heavy (non-hydrogen) atoms. The fraction of sp³-hybridized carbons (Fsp3) is 0.647. The van der Waals surface area contributed by atoms with Crippen LogP contribution < -0.4 is 5.32 Å². The van der Waals surface area contributed by atoms with Crippen LogP contribution in [0.3, 0.4) is 0 Å². The zero-order valence-electron chi connectivity index (χ0n) is 12.2. The highest BCUT2D eigenvalue weighted by atomic mass is 79.9. The zero-order chi connectivity index (χ0) is 13.7. The van der Waals surface area contributed by atoms with Crippen LogP contribution in [0.4, 0.5) is 0 Å². The number of halogens is 1. The molecular formula is C17H26BrN. The molecule has 106 valence electrons. The first kappa shape index (κ1) is 15.1. The number of aryl methyl sites for hydroxylation is 1. The highest BCUT2D eigenvalue weighted by molar-refractivity contribution is 9.10. The molecule has 0 aromatic heterocycles. The van der Waals surface area contributed by atoms with Crippen molar-refractivity contribution >= 4 is 15.9 Å². The van der Waals surface area contributed by atoms with Gasteiger partial charge in [-0.3, -0.25) is 0 Å². The van der Waals surface area contributed by atoms with E-state index in [1.165, 1.54) is 47.7 Å². The standard InChI is InChI=1S/C17H26BrN/c1-13-3-6-15(7-4-13)9-10-19-12-16-8-5-14(2)17(18)11-16/h5,8,11,13,15,19H,3-4,6-7,9-10,12H2,1-2H3. The second-order valence-corrected chi connectivity index (χ2v) is 7.03. The van der Waals surface area contributed by atoms with Gasteiger partial charge in [-0.2, -0.15) is 0 Å². The van der Waals surface area contributed by atoms with E-state index in [9.17, 15) is 0 Å². The number of benzene rings is 1. The summed E-state index contributed by atoms with van der Waals surface area (Å²) in [5, 5.41) is 3.59. The molecule has 2 rings (SSSR count). The second-order valence-electron chi connectivity index (χ2n) is 6.17. The largest absolute Gasteiger partial charge is 0.313 e. The van der Waals surface area contributed by atoms with Crippen molar-refractivity contribution in [1.82, 2.24) is 5.32 Å². The Hall–Kier alpha value is -0.340. The Morgan fingerprint density at radius 2 is 1.95 bits per heavy atom. The summed E-state index contributed by atoms with van der Waals surface area (Å²) in [6.07, 6.45) is 7.11. The molecule has 2 heteroatoms. The van der Waals surface area contributed by atoms with Gasteiger partial charge in [-0.15, -0.1) is 0 Å². The Labute approximate surface area is 126 Å². The van der Waals surface area contributed by atoms with E-state index in [0.717, 1.165) is 24.9 Å². The van der Waals surface area contributed by atoms with Gasteiger partial charge in [0, 0.05) is 11.0 Å². The third-order valence-corrected chi connectivity index (χ3v) is 5.28. The van der Waals surface area contributed by atoms with Gasteiger partial charge in [0.1, 0.15) is 0 Å². The van der Waals surface area contributed by atoms with Gasteiger partial charge in [-0.1, -0.05) is 60.7 Å². The Balaban J connectivity index is 1.65. The second kappa shape index (κ2) is 7.44. The number of nitrogens with one attached hydrogen (secondary N) is 1. The van der Waals surface area contributed by atoms with E-state index in [0.29, 0.717) is 0 Å². The minimum atomic E-state index is 0.966. The maximum atomic E-state index is 3.60. The summed E-state index contributed by atoms with van der Waals surface area (Å²) >= 11 is 3.60. The summed E-state index contributed by atoms with van der Waals surface area (Å²) in [6, 6.07) is 6.63. The summed E-state index contributed by atoms with van der Waals surface area (Å²) in [5.74, 6) is 1.93. The molecule has 1 fully saturated rings. The van der Waals surface area contributed by atoms with Gasteiger partial charge in [0.15, 0.2) is 0 Å². The summed E-state index contributed by atoms with van der Waals surface area (Å²) in [5.41, 5.74) is 2.68. The molecule has 0 atom stereocenters. The quantitative estimate of drug-likeness (QED) is 0.746. The van der Waals surface area contributed by atoms with E-state index in [1.54, 1.807) is 0 Å². The lowest BCUT2D eigenvalue weighted by atomic mass is 9.81. The summed E-state index contributed by atoms with van der Waals surface area (Å²) in [7, 11) is 0. The van der Waals surface area contributed by atoms with Crippen LogP contribution in [0.25, 0.3) is 0 Å². The van der Waals surface area contributed by atoms with Gasteiger partial charge in [0.25, 0.3) is 0 Å². The summed E-state index contributed by atoms with van der Waals surface area (Å²) < 4.78 is 1.22. The zero-order valence-corrected chi connectivity index (χ0v) is 13.8. The van der Waals surface area contributed by atoms with Crippen molar-refractivity contribution in [1.29, 1.82) is 0 Å². The van der Waals surface area contributed by atoms with Crippen molar-refractivity contribution in [3.05, 3.63) is 33.8 Å². The predicted octanol–water partition coefficient (Wildman–Crippen LogP) is 5.06. The van der Waals surface area contributed by atoms with E-state index in [-0.39, 0.29) is 0 Å². The molecule has 0 unspecified atom stereocenters. The van der Waals surface area contributed by atoms with Crippen molar-refractivity contribution in [2.24, 2.45) is 11.8 Å². The van der Waals surface area contributed by atoms with Crippen LogP contribution in [-0.2, 0) is 6.54 Å². The van der Waals surface area contributed by atoms with Gasteiger partial charge >= 0.3 is 0 Å². The molecule has 1 aliphatic carbocycles. The SMILES string of the molecule is Cc1ccc(CNCCC2CCC(C)CC2)cc1Br. The topological polar surface area (TPSA) is 12.0 Å². The molecule has 1 aliphatic rings. The predicted molar refractivity (Wildman–Crippen MR) is 86.3 cm³/mol. The molecule has 0 heterocycles. The Kier molecular flexibility index (Phi) is 5.90. The Morgan fingerprint density at radius 1 is 1.21 bits per heavy atom. The van der Waals surface area contributed by atoms with Crippen LogP contribution >= 0.6 is 15.9 Å². The molecule has 1 aromatic rings. The highest BCUT2D eigenvalue weighted by Crippen LogP contribution is 2.29. The molecule has 1 N–H and O–H groups in total. The molecule has 0 saturated heterocycles. The lowest BCUT2D eigenvalue weighted by Crippen LogP contribution is -2.20. The molecule has 0 bridgehead atoms. The van der Waals surface area contributed by atoms with Crippen molar-refractivity contribution in [3.63, 3.8) is 0 Å². The van der Waals surface area contributed by atoms with Crippen molar-refractivity contribution < 1.29 is 0 Å². The number of rotatable bonds is 5. The monoisotopic (exact) mass is 323 g/mol. The lowest BCUT2D eigenvalue weighted by Gasteiger charge is -2.26. The van der Waals surface area contributed by atoms with Crippen LogP contribution in [0.1, 0.15) is 50.2 Å². The normalized spacial score (nSPS) is 23.5. The summed E-state index contributed by atoms with van der Waals surface area (Å²) in [4.78, 5) is 0. The molecule has 1 saturated carbocycles. The fourth-order valence-corrected chi connectivity index (χ4v) is 3.33. The van der Waals surface area contributed by atoms with Crippen molar-refractivity contribution in [2.75, 3.05) is 6.54 Å². The van der Waals surface area contributed by atoms with E-state index in [4.69, 9.17) is 0 Å². The van der Waals surface area contributed by atoms with E-state index in [1.807, 2.05) is 0 Å². The average molecular weight is 324 g/mol. The number of hydrogen-bond donors (Lipinski definition) is 1. The molecule has 0 radical (unpaired) electrons. The first-order chi connectivity index (χ1) is 9.15.